The van der Waals surface area contributed by atoms with E-state index in [9.17, 15) is 4.79 Å². The van der Waals surface area contributed by atoms with Crippen molar-refractivity contribution in [3.8, 4) is 5.75 Å². The summed E-state index contributed by atoms with van der Waals surface area (Å²) < 4.78 is 5.95. The molecule has 1 aromatic heterocycles. The normalized spacial score (nSPS) is 16.7. The van der Waals surface area contributed by atoms with Crippen molar-refractivity contribution in [1.29, 1.82) is 0 Å². The molecule has 1 aliphatic heterocycles. The Labute approximate surface area is 177 Å². The van der Waals surface area contributed by atoms with Crippen LogP contribution in [0, 0.1) is 0 Å². The third-order valence-corrected chi connectivity index (χ3v) is 5.80. The number of benzene rings is 2. The van der Waals surface area contributed by atoms with E-state index in [1.165, 1.54) is 19.4 Å². The summed E-state index contributed by atoms with van der Waals surface area (Å²) in [6, 6.07) is 13.9. The molecule has 0 aliphatic carbocycles. The predicted octanol–water partition coefficient (Wildman–Crippen LogP) is 3.74. The first-order valence-corrected chi connectivity index (χ1v) is 10.4. The number of rotatable bonds is 7. The van der Waals surface area contributed by atoms with Crippen molar-refractivity contribution in [2.45, 2.75) is 25.3 Å². The van der Waals surface area contributed by atoms with Crippen LogP contribution < -0.4 is 15.0 Å². The molecule has 3 aromatic rings. The molecule has 1 fully saturated rings. The van der Waals surface area contributed by atoms with Gasteiger partial charge in [0.1, 0.15) is 5.75 Å². The van der Waals surface area contributed by atoms with E-state index in [1.807, 2.05) is 61.5 Å². The van der Waals surface area contributed by atoms with Gasteiger partial charge >= 0.3 is 0 Å². The molecular formula is C23H29N5O2. The average Bonchev–Trinajstić information content (AvgIpc) is 3.34. The van der Waals surface area contributed by atoms with Crippen molar-refractivity contribution in [3.63, 3.8) is 0 Å². The SMILES string of the molecule is CN(C)c1ccc(C(=O)Nc2n[nH]c3cc(OCCC4CCCN4C)ccc23)cc1. The van der Waals surface area contributed by atoms with Crippen molar-refractivity contribution in [1.82, 2.24) is 15.1 Å². The smallest absolute Gasteiger partial charge is 0.256 e. The molecular weight excluding hydrogens is 378 g/mol. The fourth-order valence-corrected chi connectivity index (χ4v) is 3.93. The Balaban J connectivity index is 1.38. The van der Waals surface area contributed by atoms with E-state index in [0.717, 1.165) is 28.8 Å². The van der Waals surface area contributed by atoms with Crippen molar-refractivity contribution in [2.24, 2.45) is 0 Å². The van der Waals surface area contributed by atoms with Crippen molar-refractivity contribution >= 4 is 28.3 Å². The lowest BCUT2D eigenvalue weighted by Crippen LogP contribution is -2.26. The molecule has 7 nitrogen and oxygen atoms in total. The summed E-state index contributed by atoms with van der Waals surface area (Å²) in [5.74, 6) is 1.14. The molecule has 0 saturated carbocycles. The topological polar surface area (TPSA) is 73.5 Å². The summed E-state index contributed by atoms with van der Waals surface area (Å²) in [6.45, 7) is 1.88. The number of nitrogens with zero attached hydrogens (tertiary/aromatic N) is 3. The third kappa shape index (κ3) is 4.41. The van der Waals surface area contributed by atoms with Crippen LogP contribution in [0.1, 0.15) is 29.6 Å². The molecule has 30 heavy (non-hydrogen) atoms. The maximum absolute atomic E-state index is 12.6. The first-order chi connectivity index (χ1) is 14.5. The summed E-state index contributed by atoms with van der Waals surface area (Å²) in [5.41, 5.74) is 2.47. The van der Waals surface area contributed by atoms with Crippen molar-refractivity contribution < 1.29 is 9.53 Å². The number of H-pyrrole nitrogens is 1. The van der Waals surface area contributed by atoms with E-state index >= 15 is 0 Å². The Bertz CT molecular complexity index is 1010. The van der Waals surface area contributed by atoms with E-state index in [-0.39, 0.29) is 5.91 Å². The van der Waals surface area contributed by atoms with Gasteiger partial charge in [-0.1, -0.05) is 0 Å². The summed E-state index contributed by atoms with van der Waals surface area (Å²) in [6.07, 6.45) is 3.56. The molecule has 1 aliphatic rings. The van der Waals surface area contributed by atoms with Crippen LogP contribution in [-0.2, 0) is 0 Å². The minimum Gasteiger partial charge on any atom is -0.493 e. The fraction of sp³-hybridized carbons (Fsp3) is 0.391. The maximum Gasteiger partial charge on any atom is 0.256 e. The molecule has 158 valence electrons. The van der Waals surface area contributed by atoms with Gasteiger partial charge in [-0.2, -0.15) is 5.10 Å². The molecule has 0 spiro atoms. The standard InChI is InChI=1S/C23H29N5O2/c1-27(2)17-8-6-16(7-9-17)23(29)24-22-20-11-10-19(15-21(20)25-26-22)30-14-12-18-5-4-13-28(18)3/h6-11,15,18H,4-5,12-14H2,1-3H3,(H2,24,25,26,29). The van der Waals surface area contributed by atoms with Crippen LogP contribution in [0.3, 0.4) is 0 Å². The number of hydrogen-bond acceptors (Lipinski definition) is 5. The molecule has 7 heteroatoms. The minimum absolute atomic E-state index is 0.185. The molecule has 1 amide bonds. The number of carbonyl (C=O) groups is 1. The summed E-state index contributed by atoms with van der Waals surface area (Å²) in [5, 5.41) is 11.0. The number of hydrogen-bond donors (Lipinski definition) is 2. The third-order valence-electron chi connectivity index (χ3n) is 5.80. The highest BCUT2D eigenvalue weighted by atomic mass is 16.5. The Hall–Kier alpha value is -3.06. The van der Waals surface area contributed by atoms with Crippen molar-refractivity contribution in [3.05, 3.63) is 48.0 Å². The highest BCUT2D eigenvalue weighted by Gasteiger charge is 2.20. The predicted molar refractivity (Wildman–Crippen MR) is 121 cm³/mol. The van der Waals surface area contributed by atoms with Gasteiger partial charge in [0.15, 0.2) is 5.82 Å². The van der Waals surface area contributed by atoms with E-state index in [0.29, 0.717) is 24.0 Å². The number of aromatic amines is 1. The van der Waals surface area contributed by atoms with Crippen LogP contribution in [-0.4, -0.2) is 61.3 Å². The van der Waals surface area contributed by atoms with Crippen LogP contribution in [0.15, 0.2) is 42.5 Å². The number of amides is 1. The molecule has 0 radical (unpaired) electrons. The van der Waals surface area contributed by atoms with Gasteiger partial charge in [0.25, 0.3) is 5.91 Å². The van der Waals surface area contributed by atoms with E-state index in [2.05, 4.69) is 27.5 Å². The zero-order valence-electron chi connectivity index (χ0n) is 17.8. The second-order valence-electron chi connectivity index (χ2n) is 8.09. The fourth-order valence-electron chi connectivity index (χ4n) is 3.93. The highest BCUT2D eigenvalue weighted by Crippen LogP contribution is 2.26. The summed E-state index contributed by atoms with van der Waals surface area (Å²) in [7, 11) is 6.12. The lowest BCUT2D eigenvalue weighted by Gasteiger charge is -2.19. The summed E-state index contributed by atoms with van der Waals surface area (Å²) in [4.78, 5) is 17.0. The Morgan fingerprint density at radius 2 is 2.07 bits per heavy atom. The Morgan fingerprint density at radius 3 is 2.77 bits per heavy atom. The highest BCUT2D eigenvalue weighted by molar-refractivity contribution is 6.08. The molecule has 1 saturated heterocycles. The van der Waals surface area contributed by atoms with Crippen LogP contribution in [0.25, 0.3) is 10.9 Å². The first-order valence-electron chi connectivity index (χ1n) is 10.4. The molecule has 4 rings (SSSR count). The number of nitrogens with one attached hydrogen (secondary N) is 2. The van der Waals surface area contributed by atoms with Gasteiger partial charge in [0.2, 0.25) is 0 Å². The average molecular weight is 408 g/mol. The van der Waals surface area contributed by atoms with Gasteiger partial charge in [-0.05, 0) is 69.3 Å². The van der Waals surface area contributed by atoms with Gasteiger partial charge in [0.05, 0.1) is 12.1 Å². The zero-order valence-corrected chi connectivity index (χ0v) is 17.8. The van der Waals surface area contributed by atoms with Gasteiger partial charge < -0.3 is 19.9 Å². The van der Waals surface area contributed by atoms with Gasteiger partial charge in [0, 0.05) is 42.8 Å². The quantitative estimate of drug-likeness (QED) is 0.624. The van der Waals surface area contributed by atoms with E-state index < -0.39 is 0 Å². The van der Waals surface area contributed by atoms with Gasteiger partial charge in [-0.25, -0.2) is 0 Å². The van der Waals surface area contributed by atoms with Crippen molar-refractivity contribution in [2.75, 3.05) is 44.5 Å². The van der Waals surface area contributed by atoms with E-state index in [1.54, 1.807) is 0 Å². The summed E-state index contributed by atoms with van der Waals surface area (Å²) >= 11 is 0. The molecule has 2 N–H and O–H groups in total. The second kappa shape index (κ2) is 8.75. The lowest BCUT2D eigenvalue weighted by atomic mass is 10.1. The Kier molecular flexibility index (Phi) is 5.90. The van der Waals surface area contributed by atoms with Crippen LogP contribution in [0.4, 0.5) is 11.5 Å². The molecule has 2 heterocycles. The number of carbonyl (C=O) groups excluding carboxylic acids is 1. The second-order valence-corrected chi connectivity index (χ2v) is 8.09. The zero-order chi connectivity index (χ0) is 21.1. The minimum atomic E-state index is -0.185. The number of ether oxygens (including phenoxy) is 1. The monoisotopic (exact) mass is 407 g/mol. The Morgan fingerprint density at radius 1 is 1.27 bits per heavy atom. The lowest BCUT2D eigenvalue weighted by molar-refractivity contribution is 0.102. The van der Waals surface area contributed by atoms with Crippen LogP contribution >= 0.6 is 0 Å². The van der Waals surface area contributed by atoms with Gasteiger partial charge in [-0.15, -0.1) is 0 Å². The number of anilines is 2. The molecule has 0 bridgehead atoms. The van der Waals surface area contributed by atoms with Crippen LogP contribution in [0.5, 0.6) is 5.75 Å². The number of fused-ring (bicyclic) bond motifs is 1. The largest absolute Gasteiger partial charge is 0.493 e. The van der Waals surface area contributed by atoms with Gasteiger partial charge in [-0.3, -0.25) is 9.89 Å². The van der Waals surface area contributed by atoms with E-state index in [4.69, 9.17) is 4.74 Å². The number of aromatic nitrogens is 2. The molecule has 1 atom stereocenters. The molecule has 1 unspecified atom stereocenters. The van der Waals surface area contributed by atoms with Crippen LogP contribution in [0.2, 0.25) is 0 Å². The maximum atomic E-state index is 12.6. The number of likely N-dealkylation sites (tertiary alicyclic amines) is 1. The molecule has 2 aromatic carbocycles. The first kappa shape index (κ1) is 20.2.